The first-order valence-electron chi connectivity index (χ1n) is 6.75. The summed E-state index contributed by atoms with van der Waals surface area (Å²) < 4.78 is 12.9. The Hall–Kier alpha value is -1.92. The number of carbonyl (C=O) groups is 1. The number of aromatic nitrogens is 1. The molecule has 1 heterocycles. The van der Waals surface area contributed by atoms with Gasteiger partial charge in [0, 0.05) is 11.8 Å². The summed E-state index contributed by atoms with van der Waals surface area (Å²) in [7, 11) is 0. The molecule has 0 bridgehead atoms. The molecule has 116 valence electrons. The Labute approximate surface area is 132 Å². The molecule has 0 saturated carbocycles. The fourth-order valence-electron chi connectivity index (χ4n) is 1.98. The van der Waals surface area contributed by atoms with Crippen LogP contribution in [0.15, 0.2) is 47.6 Å². The van der Waals surface area contributed by atoms with Crippen LogP contribution in [-0.2, 0) is 0 Å². The fourth-order valence-corrected chi connectivity index (χ4v) is 2.39. The molecule has 1 amide bonds. The highest BCUT2D eigenvalue weighted by Gasteiger charge is 2.19. The molecule has 0 radical (unpaired) electrons. The number of halogens is 1. The lowest BCUT2D eigenvalue weighted by Crippen LogP contribution is -2.37. The maximum atomic E-state index is 12.9. The van der Waals surface area contributed by atoms with Gasteiger partial charge >= 0.3 is 0 Å². The number of pyridine rings is 1. The maximum Gasteiger partial charge on any atom is 0.251 e. The molecule has 2 rings (SSSR count). The molecule has 4 nitrogen and oxygen atoms in total. The van der Waals surface area contributed by atoms with Crippen molar-refractivity contribution in [2.45, 2.75) is 24.1 Å². The van der Waals surface area contributed by atoms with Gasteiger partial charge in [0.2, 0.25) is 0 Å². The van der Waals surface area contributed by atoms with E-state index in [1.807, 2.05) is 6.26 Å². The Balaban J connectivity index is 2.05. The van der Waals surface area contributed by atoms with Crippen LogP contribution in [0, 0.1) is 5.82 Å². The Morgan fingerprint density at radius 2 is 2.00 bits per heavy atom. The first kappa shape index (κ1) is 16.5. The van der Waals surface area contributed by atoms with Crippen molar-refractivity contribution in [3.8, 4) is 0 Å². The summed E-state index contributed by atoms with van der Waals surface area (Å²) in [6, 6.07) is 8.36. The molecule has 6 heteroatoms. The number of carbonyl (C=O) groups excluding carboxylic acids is 1. The van der Waals surface area contributed by atoms with E-state index in [4.69, 9.17) is 0 Å². The van der Waals surface area contributed by atoms with Crippen LogP contribution in [0.1, 0.15) is 28.9 Å². The third-order valence-electron chi connectivity index (χ3n) is 3.25. The Bertz CT molecular complexity index is 649. The van der Waals surface area contributed by atoms with Crippen molar-refractivity contribution in [1.29, 1.82) is 0 Å². The largest absolute Gasteiger partial charge is 0.386 e. The molecule has 0 aliphatic heterocycles. The van der Waals surface area contributed by atoms with Crippen LogP contribution in [0.25, 0.3) is 0 Å². The summed E-state index contributed by atoms with van der Waals surface area (Å²) in [5.41, 5.74) is 1.03. The lowest BCUT2D eigenvalue weighted by Gasteiger charge is -2.20. The molecule has 0 saturated heterocycles. The molecule has 2 aromatic rings. The first-order valence-corrected chi connectivity index (χ1v) is 7.98. The SMILES string of the molecule is CSc1cc(C(=O)NC(C)C(O)c2ccc(F)cc2)ccn1. The maximum absolute atomic E-state index is 12.9. The number of aliphatic hydroxyl groups excluding tert-OH is 1. The van der Waals surface area contributed by atoms with Gasteiger partial charge in [0.05, 0.1) is 17.2 Å². The molecule has 1 aromatic heterocycles. The van der Waals surface area contributed by atoms with Gasteiger partial charge in [-0.3, -0.25) is 4.79 Å². The number of amides is 1. The van der Waals surface area contributed by atoms with E-state index >= 15 is 0 Å². The minimum absolute atomic E-state index is 0.286. The zero-order valence-electron chi connectivity index (χ0n) is 12.3. The van der Waals surface area contributed by atoms with Gasteiger partial charge in [0.1, 0.15) is 5.82 Å². The number of hydrogen-bond acceptors (Lipinski definition) is 4. The summed E-state index contributed by atoms with van der Waals surface area (Å²) in [5, 5.41) is 13.7. The number of hydrogen-bond donors (Lipinski definition) is 2. The van der Waals surface area contributed by atoms with Gasteiger partial charge in [-0.1, -0.05) is 12.1 Å². The van der Waals surface area contributed by atoms with Crippen LogP contribution in [0.4, 0.5) is 4.39 Å². The highest BCUT2D eigenvalue weighted by Crippen LogP contribution is 2.18. The number of rotatable bonds is 5. The minimum atomic E-state index is -0.911. The van der Waals surface area contributed by atoms with Crippen LogP contribution in [-0.4, -0.2) is 28.3 Å². The lowest BCUT2D eigenvalue weighted by atomic mass is 10.0. The molecular formula is C16H17FN2O2S. The van der Waals surface area contributed by atoms with Gasteiger partial charge in [-0.15, -0.1) is 11.8 Å². The van der Waals surface area contributed by atoms with Gasteiger partial charge in [0.15, 0.2) is 0 Å². The molecule has 22 heavy (non-hydrogen) atoms. The van der Waals surface area contributed by atoms with E-state index in [2.05, 4.69) is 10.3 Å². The smallest absolute Gasteiger partial charge is 0.251 e. The molecule has 0 fully saturated rings. The lowest BCUT2D eigenvalue weighted by molar-refractivity contribution is 0.0851. The van der Waals surface area contributed by atoms with Gasteiger partial charge in [-0.25, -0.2) is 9.37 Å². The second kappa shape index (κ2) is 7.38. The van der Waals surface area contributed by atoms with Crippen molar-refractivity contribution >= 4 is 17.7 Å². The topological polar surface area (TPSA) is 62.2 Å². The highest BCUT2D eigenvalue weighted by molar-refractivity contribution is 7.98. The number of nitrogens with one attached hydrogen (secondary N) is 1. The third-order valence-corrected chi connectivity index (χ3v) is 3.89. The fraction of sp³-hybridized carbons (Fsp3) is 0.250. The van der Waals surface area contributed by atoms with Crippen LogP contribution in [0.2, 0.25) is 0 Å². The number of benzene rings is 1. The molecule has 0 aliphatic carbocycles. The standard InChI is InChI=1S/C16H17FN2O2S/c1-10(15(20)11-3-5-13(17)6-4-11)19-16(21)12-7-8-18-14(9-12)22-2/h3-10,15,20H,1-2H3,(H,19,21). The zero-order valence-corrected chi connectivity index (χ0v) is 13.1. The summed E-state index contributed by atoms with van der Waals surface area (Å²) in [6.45, 7) is 1.70. The molecule has 0 aliphatic rings. The van der Waals surface area contributed by atoms with Crippen LogP contribution in [0.5, 0.6) is 0 Å². The quantitative estimate of drug-likeness (QED) is 0.832. The average molecular weight is 320 g/mol. The predicted octanol–water partition coefficient (Wildman–Crippen LogP) is 2.79. The van der Waals surface area contributed by atoms with Crippen molar-refractivity contribution in [2.75, 3.05) is 6.26 Å². The summed E-state index contributed by atoms with van der Waals surface area (Å²) in [4.78, 5) is 16.3. The van der Waals surface area contributed by atoms with Crippen LogP contribution < -0.4 is 5.32 Å². The van der Waals surface area contributed by atoms with Crippen LogP contribution >= 0.6 is 11.8 Å². The molecule has 2 N–H and O–H groups in total. The van der Waals surface area contributed by atoms with E-state index in [1.54, 1.807) is 25.3 Å². The number of aliphatic hydroxyl groups is 1. The molecule has 2 atom stereocenters. The van der Waals surface area contributed by atoms with E-state index in [0.29, 0.717) is 11.1 Å². The Morgan fingerprint density at radius 1 is 1.32 bits per heavy atom. The van der Waals surface area contributed by atoms with Crippen molar-refractivity contribution < 1.29 is 14.3 Å². The van der Waals surface area contributed by atoms with Gasteiger partial charge in [0.25, 0.3) is 5.91 Å². The van der Waals surface area contributed by atoms with Crippen LogP contribution in [0.3, 0.4) is 0 Å². The minimum Gasteiger partial charge on any atom is -0.386 e. The van der Waals surface area contributed by atoms with Crippen molar-refractivity contribution in [3.63, 3.8) is 0 Å². The van der Waals surface area contributed by atoms with Gasteiger partial charge in [-0.2, -0.15) is 0 Å². The molecule has 2 unspecified atom stereocenters. The predicted molar refractivity (Wildman–Crippen MR) is 84.3 cm³/mol. The molecule has 0 spiro atoms. The second-order valence-corrected chi connectivity index (χ2v) is 5.67. The van der Waals surface area contributed by atoms with E-state index in [1.165, 1.54) is 36.0 Å². The van der Waals surface area contributed by atoms with E-state index in [9.17, 15) is 14.3 Å². The summed E-state index contributed by atoms with van der Waals surface area (Å²) >= 11 is 1.45. The van der Waals surface area contributed by atoms with E-state index < -0.39 is 12.1 Å². The second-order valence-electron chi connectivity index (χ2n) is 4.85. The Morgan fingerprint density at radius 3 is 2.64 bits per heavy atom. The summed E-state index contributed by atoms with van der Waals surface area (Å²) in [5.74, 6) is -0.652. The van der Waals surface area contributed by atoms with Crippen molar-refractivity contribution in [3.05, 3.63) is 59.5 Å². The van der Waals surface area contributed by atoms with Crippen molar-refractivity contribution in [1.82, 2.24) is 10.3 Å². The third kappa shape index (κ3) is 4.05. The number of nitrogens with zero attached hydrogens (tertiary/aromatic N) is 1. The molecular weight excluding hydrogens is 303 g/mol. The van der Waals surface area contributed by atoms with Gasteiger partial charge in [-0.05, 0) is 43.0 Å². The van der Waals surface area contributed by atoms with Gasteiger partial charge < -0.3 is 10.4 Å². The number of thioether (sulfide) groups is 1. The average Bonchev–Trinajstić information content (AvgIpc) is 2.54. The molecule has 1 aromatic carbocycles. The highest BCUT2D eigenvalue weighted by atomic mass is 32.2. The zero-order chi connectivity index (χ0) is 16.1. The first-order chi connectivity index (χ1) is 10.5. The summed E-state index contributed by atoms with van der Waals surface area (Å²) in [6.07, 6.45) is 2.54. The Kier molecular flexibility index (Phi) is 5.51. The normalized spacial score (nSPS) is 13.5. The monoisotopic (exact) mass is 320 g/mol. The van der Waals surface area contributed by atoms with Crippen molar-refractivity contribution in [2.24, 2.45) is 0 Å². The van der Waals surface area contributed by atoms with E-state index in [0.717, 1.165) is 5.03 Å². The van der Waals surface area contributed by atoms with E-state index in [-0.39, 0.29) is 11.7 Å².